The maximum absolute atomic E-state index is 10.6. The number of thiazole rings is 1. The van der Waals surface area contributed by atoms with Crippen molar-refractivity contribution < 1.29 is 9.90 Å². The van der Waals surface area contributed by atoms with Gasteiger partial charge >= 0.3 is 5.97 Å². The van der Waals surface area contributed by atoms with Crippen LogP contribution in [0, 0.1) is 0 Å². The van der Waals surface area contributed by atoms with E-state index in [0.717, 1.165) is 32.4 Å². The van der Waals surface area contributed by atoms with Crippen molar-refractivity contribution in [1.29, 1.82) is 0 Å². The molecule has 3 rings (SSSR count). The van der Waals surface area contributed by atoms with Crippen molar-refractivity contribution in [3.8, 4) is 10.6 Å². The molecule has 0 aliphatic rings. The summed E-state index contributed by atoms with van der Waals surface area (Å²) in [7, 11) is 0. The molecule has 0 saturated carbocycles. The highest BCUT2D eigenvalue weighted by Crippen LogP contribution is 2.33. The first kappa shape index (κ1) is 16.4. The molecule has 0 atom stereocenters. The highest BCUT2D eigenvalue weighted by molar-refractivity contribution is 7.21. The van der Waals surface area contributed by atoms with Crippen LogP contribution in [0.25, 0.3) is 26.9 Å². The molecule has 0 spiro atoms. The van der Waals surface area contributed by atoms with Crippen LogP contribution < -0.4 is 0 Å². The Kier molecular flexibility index (Phi) is 4.24. The average Bonchev–Trinajstić information content (AvgIpc) is 2.95. The molecule has 1 heterocycles. The maximum atomic E-state index is 10.6. The van der Waals surface area contributed by atoms with Gasteiger partial charge in [0.15, 0.2) is 0 Å². The first-order chi connectivity index (χ1) is 11.3. The monoisotopic (exact) mass is 337 g/mol. The van der Waals surface area contributed by atoms with Crippen LogP contribution in [0.1, 0.15) is 31.9 Å². The minimum absolute atomic E-state index is 0.0987. The molecular weight excluding hydrogens is 318 g/mol. The molecule has 0 fully saturated rings. The van der Waals surface area contributed by atoms with E-state index in [1.807, 2.05) is 18.2 Å². The molecule has 4 heteroatoms. The average molecular weight is 337 g/mol. The second-order valence-corrected chi connectivity index (χ2v) is 7.78. The number of carbonyl (C=O) groups is 1. The number of hydrogen-bond acceptors (Lipinski definition) is 3. The Morgan fingerprint density at radius 1 is 1.17 bits per heavy atom. The third kappa shape index (κ3) is 3.54. The number of aliphatic carboxylic acids is 1. The van der Waals surface area contributed by atoms with Crippen molar-refractivity contribution in [3.63, 3.8) is 0 Å². The van der Waals surface area contributed by atoms with E-state index in [4.69, 9.17) is 10.1 Å². The van der Waals surface area contributed by atoms with Crippen molar-refractivity contribution in [3.05, 3.63) is 59.7 Å². The van der Waals surface area contributed by atoms with Gasteiger partial charge in [0.1, 0.15) is 5.01 Å². The topological polar surface area (TPSA) is 50.2 Å². The van der Waals surface area contributed by atoms with Gasteiger partial charge in [-0.15, -0.1) is 11.3 Å². The number of rotatable bonds is 3. The van der Waals surface area contributed by atoms with Crippen LogP contribution >= 0.6 is 11.3 Å². The lowest BCUT2D eigenvalue weighted by Gasteiger charge is -2.19. The van der Waals surface area contributed by atoms with E-state index < -0.39 is 5.97 Å². The molecule has 0 aliphatic heterocycles. The van der Waals surface area contributed by atoms with Gasteiger partial charge in [-0.2, -0.15) is 0 Å². The first-order valence-corrected chi connectivity index (χ1v) is 8.57. The maximum Gasteiger partial charge on any atom is 0.328 e. The zero-order chi connectivity index (χ0) is 17.3. The van der Waals surface area contributed by atoms with Crippen molar-refractivity contribution >= 4 is 33.6 Å². The van der Waals surface area contributed by atoms with E-state index >= 15 is 0 Å². The summed E-state index contributed by atoms with van der Waals surface area (Å²) in [6.45, 7) is 6.60. The van der Waals surface area contributed by atoms with E-state index in [9.17, 15) is 4.79 Å². The van der Waals surface area contributed by atoms with Gasteiger partial charge in [0.25, 0.3) is 0 Å². The standard InChI is InChI=1S/C20H19NO2S/c1-20(2,3)15-6-4-5-14(12-15)19-21-16-11-13(8-10-18(22)23)7-9-17(16)24-19/h4-12H,1-3H3,(H,22,23)/b10-8+. The first-order valence-electron chi connectivity index (χ1n) is 7.75. The number of aromatic nitrogens is 1. The zero-order valence-corrected chi connectivity index (χ0v) is 14.7. The zero-order valence-electron chi connectivity index (χ0n) is 13.9. The van der Waals surface area contributed by atoms with Gasteiger partial charge in [0.2, 0.25) is 0 Å². The molecule has 0 radical (unpaired) electrons. The largest absolute Gasteiger partial charge is 0.478 e. The fraction of sp³-hybridized carbons (Fsp3) is 0.200. The predicted octanol–water partition coefficient (Wildman–Crippen LogP) is 5.36. The molecule has 3 nitrogen and oxygen atoms in total. The van der Waals surface area contributed by atoms with Crippen LogP contribution in [-0.2, 0) is 10.2 Å². The summed E-state index contributed by atoms with van der Waals surface area (Å²) in [6, 6.07) is 14.3. The van der Waals surface area contributed by atoms with Gasteiger partial charge in [0.05, 0.1) is 10.2 Å². The van der Waals surface area contributed by atoms with E-state index in [-0.39, 0.29) is 5.41 Å². The molecule has 2 aromatic carbocycles. The van der Waals surface area contributed by atoms with Gasteiger partial charge < -0.3 is 5.11 Å². The lowest BCUT2D eigenvalue weighted by molar-refractivity contribution is -0.131. The number of fused-ring (bicyclic) bond motifs is 1. The lowest BCUT2D eigenvalue weighted by atomic mass is 9.86. The molecule has 0 bridgehead atoms. The number of carboxylic acid groups (broad SMARTS) is 1. The van der Waals surface area contributed by atoms with Gasteiger partial charge in [-0.05, 0) is 40.8 Å². The Bertz CT molecular complexity index is 932. The third-order valence-electron chi connectivity index (χ3n) is 3.81. The van der Waals surface area contributed by atoms with E-state index in [0.29, 0.717) is 0 Å². The van der Waals surface area contributed by atoms with Crippen LogP contribution in [0.4, 0.5) is 0 Å². The molecule has 1 N–H and O–H groups in total. The van der Waals surface area contributed by atoms with Gasteiger partial charge in [-0.25, -0.2) is 9.78 Å². The molecule has 0 saturated heterocycles. The second kappa shape index (κ2) is 6.21. The van der Waals surface area contributed by atoms with Crippen LogP contribution in [-0.4, -0.2) is 16.1 Å². The van der Waals surface area contributed by atoms with Crippen molar-refractivity contribution in [2.75, 3.05) is 0 Å². The molecule has 1 aromatic heterocycles. The normalized spacial score (nSPS) is 12.1. The molecule has 0 unspecified atom stereocenters. The Labute approximate surface area is 145 Å². The SMILES string of the molecule is CC(C)(C)c1cccc(-c2nc3cc(/C=C/C(=O)O)ccc3s2)c1. The van der Waals surface area contributed by atoms with Crippen LogP contribution in [0.3, 0.4) is 0 Å². The van der Waals surface area contributed by atoms with Gasteiger partial charge in [-0.1, -0.05) is 45.0 Å². The van der Waals surface area contributed by atoms with Crippen LogP contribution in [0.5, 0.6) is 0 Å². The number of benzene rings is 2. The summed E-state index contributed by atoms with van der Waals surface area (Å²) < 4.78 is 1.10. The Morgan fingerprint density at radius 2 is 1.96 bits per heavy atom. The fourth-order valence-electron chi connectivity index (χ4n) is 2.46. The minimum Gasteiger partial charge on any atom is -0.478 e. The summed E-state index contributed by atoms with van der Waals surface area (Å²) in [5.74, 6) is -0.951. The fourth-order valence-corrected chi connectivity index (χ4v) is 3.40. The number of nitrogens with zero attached hydrogens (tertiary/aromatic N) is 1. The third-order valence-corrected chi connectivity index (χ3v) is 4.89. The smallest absolute Gasteiger partial charge is 0.328 e. The van der Waals surface area contributed by atoms with Crippen LogP contribution in [0.15, 0.2) is 48.5 Å². The molecule has 0 aliphatic carbocycles. The van der Waals surface area contributed by atoms with E-state index in [2.05, 4.69) is 45.0 Å². The van der Waals surface area contributed by atoms with Crippen LogP contribution in [0.2, 0.25) is 0 Å². The summed E-state index contributed by atoms with van der Waals surface area (Å²) >= 11 is 1.65. The second-order valence-electron chi connectivity index (χ2n) is 6.75. The molecule has 122 valence electrons. The minimum atomic E-state index is -0.951. The van der Waals surface area contributed by atoms with E-state index in [1.54, 1.807) is 17.4 Å². The number of hydrogen-bond donors (Lipinski definition) is 1. The summed E-state index contributed by atoms with van der Waals surface area (Å²) in [6.07, 6.45) is 2.72. The highest BCUT2D eigenvalue weighted by atomic mass is 32.1. The predicted molar refractivity (Wildman–Crippen MR) is 100 cm³/mol. The van der Waals surface area contributed by atoms with Crippen molar-refractivity contribution in [2.24, 2.45) is 0 Å². The molecular formula is C20H19NO2S. The Morgan fingerprint density at radius 3 is 2.67 bits per heavy atom. The summed E-state index contributed by atoms with van der Waals surface area (Å²) in [5, 5.41) is 9.71. The van der Waals surface area contributed by atoms with Crippen molar-refractivity contribution in [2.45, 2.75) is 26.2 Å². The molecule has 24 heavy (non-hydrogen) atoms. The van der Waals surface area contributed by atoms with Crippen molar-refractivity contribution in [1.82, 2.24) is 4.98 Å². The van der Waals surface area contributed by atoms with Gasteiger partial charge in [-0.3, -0.25) is 0 Å². The van der Waals surface area contributed by atoms with Gasteiger partial charge in [0, 0.05) is 11.6 Å². The highest BCUT2D eigenvalue weighted by Gasteiger charge is 2.15. The Hall–Kier alpha value is -2.46. The summed E-state index contributed by atoms with van der Waals surface area (Å²) in [4.78, 5) is 15.4. The number of carboxylic acids is 1. The van der Waals surface area contributed by atoms with E-state index in [1.165, 1.54) is 5.56 Å². The quantitative estimate of drug-likeness (QED) is 0.655. The summed E-state index contributed by atoms with van der Waals surface area (Å²) in [5.41, 5.74) is 4.23. The molecule has 3 aromatic rings. The molecule has 0 amide bonds. The lowest BCUT2D eigenvalue weighted by Crippen LogP contribution is -2.10. The Balaban J connectivity index is 2.01.